The molecule has 1 rings (SSSR count). The second-order valence-corrected chi connectivity index (χ2v) is 9.10. The van der Waals surface area contributed by atoms with Crippen LogP contribution >= 0.6 is 11.8 Å². The molecule has 0 aliphatic carbocycles. The molecule has 0 spiro atoms. The van der Waals surface area contributed by atoms with Gasteiger partial charge in [-0.2, -0.15) is 0 Å². The number of thioether (sulfide) groups is 1. The van der Waals surface area contributed by atoms with Crippen molar-refractivity contribution in [3.05, 3.63) is 12.4 Å². The van der Waals surface area contributed by atoms with Crippen LogP contribution in [0.5, 0.6) is 0 Å². The summed E-state index contributed by atoms with van der Waals surface area (Å²) in [7, 11) is -2.65. The second-order valence-electron chi connectivity index (χ2n) is 5.36. The minimum absolute atomic E-state index is 0.192. The number of rotatable bonds is 14. The average molecular weight is 391 g/mol. The van der Waals surface area contributed by atoms with Gasteiger partial charge < -0.3 is 23.0 Å². The SMILES string of the molecule is CCO[Si](CCCOC(=O)C(C)CSc1ncc[nH]1)(OCC)OCC. The molecule has 1 aromatic heterocycles. The van der Waals surface area contributed by atoms with Gasteiger partial charge >= 0.3 is 14.8 Å². The number of ether oxygens (including phenoxy) is 1. The van der Waals surface area contributed by atoms with Gasteiger partial charge in [-0.3, -0.25) is 4.79 Å². The molecule has 144 valence electrons. The lowest BCUT2D eigenvalue weighted by Crippen LogP contribution is -2.46. The van der Waals surface area contributed by atoms with Crippen molar-refractivity contribution in [1.29, 1.82) is 0 Å². The molecule has 1 heterocycles. The molecule has 0 amide bonds. The number of nitrogens with one attached hydrogen (secondary N) is 1. The van der Waals surface area contributed by atoms with Gasteiger partial charge in [0.1, 0.15) is 0 Å². The van der Waals surface area contributed by atoms with E-state index >= 15 is 0 Å². The Morgan fingerprint density at radius 3 is 2.40 bits per heavy atom. The van der Waals surface area contributed by atoms with E-state index in [1.54, 1.807) is 12.4 Å². The number of nitrogens with zero attached hydrogens (tertiary/aromatic N) is 1. The molecule has 0 aliphatic rings. The summed E-state index contributed by atoms with van der Waals surface area (Å²) < 4.78 is 22.7. The first-order valence-corrected chi connectivity index (χ1v) is 11.7. The molecule has 0 saturated carbocycles. The summed E-state index contributed by atoms with van der Waals surface area (Å²) >= 11 is 1.51. The molecule has 1 atom stereocenters. The van der Waals surface area contributed by atoms with Gasteiger partial charge in [0.2, 0.25) is 0 Å². The van der Waals surface area contributed by atoms with E-state index in [1.165, 1.54) is 11.8 Å². The normalized spacial score (nSPS) is 13.0. The van der Waals surface area contributed by atoms with Gasteiger partial charge in [0, 0.05) is 44.0 Å². The number of H-pyrrole nitrogens is 1. The Balaban J connectivity index is 2.32. The van der Waals surface area contributed by atoms with Crippen LogP contribution in [0.3, 0.4) is 0 Å². The zero-order valence-corrected chi connectivity index (χ0v) is 17.4. The van der Waals surface area contributed by atoms with Crippen molar-refractivity contribution < 1.29 is 22.8 Å². The molecule has 0 bridgehead atoms. The van der Waals surface area contributed by atoms with E-state index in [0.717, 1.165) is 5.16 Å². The summed E-state index contributed by atoms with van der Waals surface area (Å²) in [5.41, 5.74) is 0. The Morgan fingerprint density at radius 1 is 1.24 bits per heavy atom. The lowest BCUT2D eigenvalue weighted by atomic mass is 10.2. The van der Waals surface area contributed by atoms with E-state index in [1.807, 2.05) is 27.7 Å². The highest BCUT2D eigenvalue weighted by molar-refractivity contribution is 7.99. The van der Waals surface area contributed by atoms with Crippen LogP contribution in [0.1, 0.15) is 34.1 Å². The average Bonchev–Trinajstić information content (AvgIpc) is 3.10. The van der Waals surface area contributed by atoms with Crippen LogP contribution in [0, 0.1) is 5.92 Å². The lowest BCUT2D eigenvalue weighted by molar-refractivity contribution is -0.147. The number of imidazole rings is 1. The van der Waals surface area contributed by atoms with Gasteiger partial charge in [0.25, 0.3) is 0 Å². The maximum Gasteiger partial charge on any atom is 0.501 e. The van der Waals surface area contributed by atoms with Crippen LogP contribution in [0.15, 0.2) is 17.6 Å². The monoisotopic (exact) mass is 390 g/mol. The molecule has 1 aromatic rings. The van der Waals surface area contributed by atoms with Crippen molar-refractivity contribution in [2.75, 3.05) is 32.2 Å². The molecule has 9 heteroatoms. The van der Waals surface area contributed by atoms with Crippen LogP contribution in [0.2, 0.25) is 6.04 Å². The number of hydrogen-bond acceptors (Lipinski definition) is 7. The van der Waals surface area contributed by atoms with Gasteiger partial charge in [-0.1, -0.05) is 18.7 Å². The molecule has 25 heavy (non-hydrogen) atoms. The Kier molecular flexibility index (Phi) is 11.1. The highest BCUT2D eigenvalue weighted by Gasteiger charge is 2.39. The number of carbonyl (C=O) groups excluding carboxylic acids is 1. The van der Waals surface area contributed by atoms with Crippen LogP contribution < -0.4 is 0 Å². The number of aromatic nitrogens is 2. The zero-order chi connectivity index (χ0) is 18.5. The quantitative estimate of drug-likeness (QED) is 0.226. The summed E-state index contributed by atoms with van der Waals surface area (Å²) in [5, 5.41) is 0.806. The van der Waals surface area contributed by atoms with E-state index in [-0.39, 0.29) is 11.9 Å². The van der Waals surface area contributed by atoms with Crippen molar-refractivity contribution in [3.63, 3.8) is 0 Å². The minimum atomic E-state index is -2.65. The number of hydrogen-bond donors (Lipinski definition) is 1. The van der Waals surface area contributed by atoms with Gasteiger partial charge in [0.15, 0.2) is 5.16 Å². The molecule has 1 unspecified atom stereocenters. The predicted octanol–water partition coefficient (Wildman–Crippen LogP) is 3.12. The van der Waals surface area contributed by atoms with Crippen molar-refractivity contribution in [1.82, 2.24) is 9.97 Å². The number of aromatic amines is 1. The van der Waals surface area contributed by atoms with E-state index in [9.17, 15) is 4.79 Å². The molecule has 0 radical (unpaired) electrons. The van der Waals surface area contributed by atoms with Crippen LogP contribution in [-0.2, 0) is 22.8 Å². The Labute approximate surface area is 155 Å². The van der Waals surface area contributed by atoms with E-state index in [4.69, 9.17) is 18.0 Å². The van der Waals surface area contributed by atoms with Gasteiger partial charge in [-0.15, -0.1) is 0 Å². The van der Waals surface area contributed by atoms with Gasteiger partial charge in [0.05, 0.1) is 12.5 Å². The summed E-state index contributed by atoms with van der Waals surface area (Å²) in [6.45, 7) is 9.64. The molecule has 0 aliphatic heterocycles. The molecular weight excluding hydrogens is 360 g/mol. The maximum absolute atomic E-state index is 12.1. The fourth-order valence-electron chi connectivity index (χ4n) is 2.21. The van der Waals surface area contributed by atoms with Crippen LogP contribution in [-0.4, -0.2) is 56.9 Å². The first kappa shape index (κ1) is 22.2. The molecular formula is C16H30N2O5SSi. The van der Waals surface area contributed by atoms with Crippen molar-refractivity contribution in [2.45, 2.75) is 45.3 Å². The van der Waals surface area contributed by atoms with E-state index in [2.05, 4.69) is 9.97 Å². The van der Waals surface area contributed by atoms with E-state index in [0.29, 0.717) is 44.6 Å². The van der Waals surface area contributed by atoms with Crippen molar-refractivity contribution in [3.8, 4) is 0 Å². The third kappa shape index (κ3) is 8.37. The summed E-state index contributed by atoms with van der Waals surface area (Å²) in [4.78, 5) is 19.2. The number of esters is 1. The molecule has 7 nitrogen and oxygen atoms in total. The molecule has 1 N–H and O–H groups in total. The summed E-state index contributed by atoms with van der Waals surface area (Å²) in [5.74, 6) is 0.236. The highest BCUT2D eigenvalue weighted by Crippen LogP contribution is 2.19. The Morgan fingerprint density at radius 2 is 1.88 bits per heavy atom. The molecule has 0 fully saturated rings. The van der Waals surface area contributed by atoms with Crippen LogP contribution in [0.25, 0.3) is 0 Å². The third-order valence-electron chi connectivity index (χ3n) is 3.31. The minimum Gasteiger partial charge on any atom is -0.465 e. The fourth-order valence-corrected chi connectivity index (χ4v) is 5.62. The largest absolute Gasteiger partial charge is 0.501 e. The van der Waals surface area contributed by atoms with E-state index < -0.39 is 8.80 Å². The fraction of sp³-hybridized carbons (Fsp3) is 0.750. The maximum atomic E-state index is 12.1. The summed E-state index contributed by atoms with van der Waals surface area (Å²) in [6, 6.07) is 0.644. The highest BCUT2D eigenvalue weighted by atomic mass is 32.2. The predicted molar refractivity (Wildman–Crippen MR) is 99.5 cm³/mol. The lowest BCUT2D eigenvalue weighted by Gasteiger charge is -2.28. The third-order valence-corrected chi connectivity index (χ3v) is 7.62. The Bertz CT molecular complexity index is 458. The zero-order valence-electron chi connectivity index (χ0n) is 15.6. The molecule has 0 saturated heterocycles. The summed E-state index contributed by atoms with van der Waals surface area (Å²) in [6.07, 6.45) is 4.11. The van der Waals surface area contributed by atoms with Crippen molar-refractivity contribution in [2.24, 2.45) is 5.92 Å². The van der Waals surface area contributed by atoms with Crippen LogP contribution in [0.4, 0.5) is 0 Å². The van der Waals surface area contributed by atoms with Gasteiger partial charge in [-0.05, 0) is 27.2 Å². The van der Waals surface area contributed by atoms with Gasteiger partial charge in [-0.25, -0.2) is 4.98 Å². The smallest absolute Gasteiger partial charge is 0.465 e. The topological polar surface area (TPSA) is 82.7 Å². The number of carbonyl (C=O) groups is 1. The Hall–Kier alpha value is -0.873. The molecule has 0 aromatic carbocycles. The standard InChI is InChI=1S/C16H30N2O5SSi/c1-5-21-25(22-6-2,23-7-3)12-8-11-20-15(19)14(4)13-24-16-17-9-10-18-16/h9-10,14H,5-8,11-13H2,1-4H3,(H,17,18). The van der Waals surface area contributed by atoms with Crippen molar-refractivity contribution >= 4 is 26.5 Å². The first-order chi connectivity index (χ1) is 12.1. The first-order valence-electron chi connectivity index (χ1n) is 8.77. The second kappa shape index (κ2) is 12.5.